The zero-order valence-corrected chi connectivity index (χ0v) is 12.3. The minimum absolute atomic E-state index is 0.0235. The van der Waals surface area contributed by atoms with Crippen LogP contribution in [0.25, 0.3) is 0 Å². The van der Waals surface area contributed by atoms with Gasteiger partial charge >= 0.3 is 0 Å². The molecule has 1 saturated carbocycles. The molecule has 7 nitrogen and oxygen atoms in total. The SMILES string of the molecule is COc1cc(OC)c(C2CC2C(=O)N=C(N)N)cc1OC. The Morgan fingerprint density at radius 1 is 1.10 bits per heavy atom. The highest BCUT2D eigenvalue weighted by atomic mass is 16.5. The van der Waals surface area contributed by atoms with Gasteiger partial charge in [0.2, 0.25) is 0 Å². The molecule has 114 valence electrons. The van der Waals surface area contributed by atoms with Crippen molar-refractivity contribution < 1.29 is 19.0 Å². The topological polar surface area (TPSA) is 109 Å². The molecule has 2 atom stereocenters. The van der Waals surface area contributed by atoms with Gasteiger partial charge in [0.05, 0.1) is 21.3 Å². The summed E-state index contributed by atoms with van der Waals surface area (Å²) < 4.78 is 15.9. The number of nitrogens with zero attached hydrogens (tertiary/aromatic N) is 1. The van der Waals surface area contributed by atoms with Gasteiger partial charge in [-0.2, -0.15) is 4.99 Å². The molecular weight excluding hydrogens is 274 g/mol. The first-order valence-electron chi connectivity index (χ1n) is 6.45. The van der Waals surface area contributed by atoms with Crippen LogP contribution >= 0.6 is 0 Å². The van der Waals surface area contributed by atoms with Crippen molar-refractivity contribution in [1.82, 2.24) is 0 Å². The minimum atomic E-state index is -0.308. The zero-order chi connectivity index (χ0) is 15.6. The van der Waals surface area contributed by atoms with Crippen molar-refractivity contribution in [2.24, 2.45) is 22.4 Å². The van der Waals surface area contributed by atoms with Crippen molar-refractivity contribution in [2.45, 2.75) is 12.3 Å². The van der Waals surface area contributed by atoms with Crippen molar-refractivity contribution >= 4 is 11.9 Å². The smallest absolute Gasteiger partial charge is 0.252 e. The van der Waals surface area contributed by atoms with E-state index >= 15 is 0 Å². The van der Waals surface area contributed by atoms with Crippen molar-refractivity contribution in [3.8, 4) is 17.2 Å². The number of carbonyl (C=O) groups is 1. The number of aliphatic imine (C=N–C) groups is 1. The number of methoxy groups -OCH3 is 3. The van der Waals surface area contributed by atoms with E-state index in [2.05, 4.69) is 4.99 Å². The molecule has 21 heavy (non-hydrogen) atoms. The second-order valence-electron chi connectivity index (χ2n) is 4.77. The first kappa shape index (κ1) is 15.0. The van der Waals surface area contributed by atoms with Crippen LogP contribution in [0.3, 0.4) is 0 Å². The Morgan fingerprint density at radius 3 is 2.19 bits per heavy atom. The number of nitrogens with two attached hydrogens (primary N) is 2. The van der Waals surface area contributed by atoms with Gasteiger partial charge in [0.15, 0.2) is 17.5 Å². The maximum atomic E-state index is 11.8. The van der Waals surface area contributed by atoms with Crippen molar-refractivity contribution in [3.63, 3.8) is 0 Å². The predicted molar refractivity (Wildman–Crippen MR) is 77.8 cm³/mol. The van der Waals surface area contributed by atoms with E-state index in [0.717, 1.165) is 5.56 Å². The van der Waals surface area contributed by atoms with E-state index < -0.39 is 0 Å². The summed E-state index contributed by atoms with van der Waals surface area (Å²) in [6.45, 7) is 0. The summed E-state index contributed by atoms with van der Waals surface area (Å²) in [5.41, 5.74) is 11.3. The molecule has 1 fully saturated rings. The molecule has 1 aromatic rings. The number of hydrogen-bond donors (Lipinski definition) is 2. The molecule has 1 amide bonds. The Balaban J connectivity index is 2.29. The van der Waals surface area contributed by atoms with Crippen LogP contribution in [0.4, 0.5) is 0 Å². The first-order valence-corrected chi connectivity index (χ1v) is 6.45. The lowest BCUT2D eigenvalue weighted by Gasteiger charge is -2.13. The lowest BCUT2D eigenvalue weighted by Crippen LogP contribution is -2.24. The zero-order valence-electron chi connectivity index (χ0n) is 12.3. The molecule has 0 heterocycles. The van der Waals surface area contributed by atoms with Crippen LogP contribution < -0.4 is 25.7 Å². The van der Waals surface area contributed by atoms with Crippen molar-refractivity contribution in [1.29, 1.82) is 0 Å². The number of hydrogen-bond acceptors (Lipinski definition) is 4. The number of benzene rings is 1. The van der Waals surface area contributed by atoms with E-state index in [9.17, 15) is 4.79 Å². The Morgan fingerprint density at radius 2 is 1.67 bits per heavy atom. The third kappa shape index (κ3) is 3.01. The highest BCUT2D eigenvalue weighted by Crippen LogP contribution is 2.53. The van der Waals surface area contributed by atoms with Gasteiger partial charge in [0.25, 0.3) is 5.91 Å². The second-order valence-corrected chi connectivity index (χ2v) is 4.77. The number of guanidine groups is 1. The van der Waals surface area contributed by atoms with Gasteiger partial charge < -0.3 is 25.7 Å². The Hall–Kier alpha value is -2.44. The van der Waals surface area contributed by atoms with Crippen molar-refractivity contribution in [2.75, 3.05) is 21.3 Å². The van der Waals surface area contributed by atoms with E-state index in [1.54, 1.807) is 27.4 Å². The van der Waals surface area contributed by atoms with Crippen LogP contribution in [0.2, 0.25) is 0 Å². The molecule has 0 radical (unpaired) electrons. The fraction of sp³-hybridized carbons (Fsp3) is 0.429. The van der Waals surface area contributed by atoms with E-state index in [0.29, 0.717) is 23.7 Å². The summed E-state index contributed by atoms with van der Waals surface area (Å²) >= 11 is 0. The maximum absolute atomic E-state index is 11.8. The summed E-state index contributed by atoms with van der Waals surface area (Å²) in [6, 6.07) is 3.57. The molecular formula is C14H19N3O4. The summed E-state index contributed by atoms with van der Waals surface area (Å²) in [7, 11) is 4.68. The molecule has 1 aromatic carbocycles. The first-order chi connectivity index (χ1) is 10.0. The normalized spacial score (nSPS) is 19.6. The Bertz CT molecular complexity index is 582. The van der Waals surface area contributed by atoms with Gasteiger partial charge in [-0.15, -0.1) is 0 Å². The van der Waals surface area contributed by atoms with Crippen LogP contribution in [0.5, 0.6) is 17.2 Å². The van der Waals surface area contributed by atoms with Gasteiger partial charge in [0, 0.05) is 23.5 Å². The summed E-state index contributed by atoms with van der Waals surface area (Å²) in [6.07, 6.45) is 0.682. The molecule has 0 aliphatic heterocycles. The average Bonchev–Trinajstić information content (AvgIpc) is 3.25. The number of carbonyl (C=O) groups excluding carboxylic acids is 1. The third-order valence-corrected chi connectivity index (χ3v) is 3.48. The van der Waals surface area contributed by atoms with Gasteiger partial charge in [-0.05, 0) is 12.5 Å². The number of ether oxygens (including phenoxy) is 3. The number of amides is 1. The van der Waals surface area contributed by atoms with Gasteiger partial charge in [-0.3, -0.25) is 4.79 Å². The van der Waals surface area contributed by atoms with E-state index in [1.165, 1.54) is 0 Å². The molecule has 0 saturated heterocycles. The Labute approximate surface area is 122 Å². The standard InChI is InChI=1S/C14H19N3O4/c1-19-10-6-12(21-3)11(20-2)5-8(10)7-4-9(7)13(18)17-14(15)16/h5-7,9H,4H2,1-3H3,(H4,15,16,17,18). The third-order valence-electron chi connectivity index (χ3n) is 3.48. The van der Waals surface area contributed by atoms with E-state index in [1.807, 2.05) is 6.07 Å². The van der Waals surface area contributed by atoms with Crippen molar-refractivity contribution in [3.05, 3.63) is 17.7 Å². The summed E-state index contributed by atoms with van der Waals surface area (Å²) in [5.74, 6) is 1.09. The highest BCUT2D eigenvalue weighted by molar-refractivity contribution is 5.94. The van der Waals surface area contributed by atoms with Crippen LogP contribution in [0.1, 0.15) is 17.9 Å². The molecule has 4 N–H and O–H groups in total. The summed E-state index contributed by atoms with van der Waals surface area (Å²) in [5, 5.41) is 0. The van der Waals surface area contributed by atoms with Gasteiger partial charge in [-0.1, -0.05) is 0 Å². The quantitative estimate of drug-likeness (QED) is 0.608. The van der Waals surface area contributed by atoms with Crippen LogP contribution in [-0.4, -0.2) is 33.2 Å². The summed E-state index contributed by atoms with van der Waals surface area (Å²) in [4.78, 5) is 15.4. The largest absolute Gasteiger partial charge is 0.496 e. The minimum Gasteiger partial charge on any atom is -0.496 e. The lowest BCUT2D eigenvalue weighted by atomic mass is 10.1. The highest BCUT2D eigenvalue weighted by Gasteiger charge is 2.45. The lowest BCUT2D eigenvalue weighted by molar-refractivity contribution is -0.119. The Kier molecular flexibility index (Phi) is 4.21. The molecule has 0 aromatic heterocycles. The number of rotatable bonds is 5. The van der Waals surface area contributed by atoms with E-state index in [4.69, 9.17) is 25.7 Å². The van der Waals surface area contributed by atoms with Crippen LogP contribution in [0.15, 0.2) is 17.1 Å². The monoisotopic (exact) mass is 293 g/mol. The molecule has 7 heteroatoms. The van der Waals surface area contributed by atoms with Crippen LogP contribution in [0, 0.1) is 5.92 Å². The van der Waals surface area contributed by atoms with E-state index in [-0.39, 0.29) is 23.7 Å². The molecule has 2 unspecified atom stereocenters. The van der Waals surface area contributed by atoms with Crippen LogP contribution in [-0.2, 0) is 4.79 Å². The molecule has 0 spiro atoms. The average molecular weight is 293 g/mol. The fourth-order valence-corrected chi connectivity index (χ4v) is 2.36. The molecule has 0 bridgehead atoms. The molecule has 1 aliphatic carbocycles. The predicted octanol–water partition coefficient (Wildman–Crippen LogP) is 0.616. The van der Waals surface area contributed by atoms with Gasteiger partial charge in [0.1, 0.15) is 5.75 Å². The second kappa shape index (κ2) is 5.90. The van der Waals surface area contributed by atoms with Gasteiger partial charge in [-0.25, -0.2) is 0 Å². The fourth-order valence-electron chi connectivity index (χ4n) is 2.36. The molecule has 1 aliphatic rings. The maximum Gasteiger partial charge on any atom is 0.252 e. The molecule has 2 rings (SSSR count).